The van der Waals surface area contributed by atoms with Gasteiger partial charge in [0.15, 0.2) is 0 Å². The minimum atomic E-state index is -0.134. The molecule has 0 unspecified atom stereocenters. The Balaban J connectivity index is 3.12. The van der Waals surface area contributed by atoms with Gasteiger partial charge < -0.3 is 4.74 Å². The maximum Gasteiger partial charge on any atom is 0.316 e. The third-order valence-electron chi connectivity index (χ3n) is 2.34. The summed E-state index contributed by atoms with van der Waals surface area (Å²) in [5.74, 6) is -0.134. The number of hydrogen-bond donors (Lipinski definition) is 0. The van der Waals surface area contributed by atoms with Crippen LogP contribution >= 0.6 is 22.6 Å². The van der Waals surface area contributed by atoms with E-state index >= 15 is 0 Å². The van der Waals surface area contributed by atoms with Crippen LogP contribution in [0.5, 0.6) is 0 Å². The molecule has 0 amide bonds. The van der Waals surface area contributed by atoms with E-state index < -0.39 is 0 Å². The number of carbonyl (C=O) groups excluding carboxylic acids is 1. The van der Waals surface area contributed by atoms with Crippen LogP contribution in [0.15, 0.2) is 12.2 Å². The van der Waals surface area contributed by atoms with Gasteiger partial charge in [0.05, 0.1) is 4.43 Å². The van der Waals surface area contributed by atoms with Crippen LogP contribution in [-0.2, 0) is 9.53 Å². The maximum atomic E-state index is 10.8. The molecule has 0 radical (unpaired) electrons. The molecule has 0 spiro atoms. The number of alkyl halides is 1. The van der Waals surface area contributed by atoms with Crippen LogP contribution in [0.1, 0.15) is 51.9 Å². The molecule has 0 bridgehead atoms. The Morgan fingerprint density at radius 1 is 1.12 bits per heavy atom. The SMILES string of the molecule is CCCCCCCC/C=C/COC(=O)CI. The molecule has 0 aromatic carbocycles. The first-order valence-corrected chi connectivity index (χ1v) is 7.70. The van der Waals surface area contributed by atoms with Gasteiger partial charge in [-0.05, 0) is 12.8 Å². The van der Waals surface area contributed by atoms with Crippen molar-refractivity contribution >= 4 is 28.6 Å². The van der Waals surface area contributed by atoms with Crippen molar-refractivity contribution in [3.63, 3.8) is 0 Å². The van der Waals surface area contributed by atoms with Crippen molar-refractivity contribution in [3.8, 4) is 0 Å². The zero-order valence-corrected chi connectivity index (χ0v) is 12.4. The third kappa shape index (κ3) is 12.0. The minimum Gasteiger partial charge on any atom is -0.461 e. The molecule has 0 fully saturated rings. The largest absolute Gasteiger partial charge is 0.461 e. The number of unbranched alkanes of at least 4 members (excludes halogenated alkanes) is 6. The lowest BCUT2D eigenvalue weighted by atomic mass is 10.1. The van der Waals surface area contributed by atoms with Crippen LogP contribution in [0.2, 0.25) is 0 Å². The Bertz CT molecular complexity index is 190. The second-order valence-electron chi connectivity index (χ2n) is 3.84. The molecule has 2 nitrogen and oxygen atoms in total. The molecule has 0 aliphatic rings. The Hall–Kier alpha value is -0.0600. The highest BCUT2D eigenvalue weighted by atomic mass is 127. The summed E-state index contributed by atoms with van der Waals surface area (Å²) in [6.07, 6.45) is 13.1. The molecular formula is C13H23IO2. The van der Waals surface area contributed by atoms with E-state index in [9.17, 15) is 4.79 Å². The van der Waals surface area contributed by atoms with Crippen molar-refractivity contribution in [3.05, 3.63) is 12.2 Å². The van der Waals surface area contributed by atoms with Gasteiger partial charge in [0.1, 0.15) is 6.61 Å². The first-order chi connectivity index (χ1) is 7.81. The van der Waals surface area contributed by atoms with Gasteiger partial charge in [-0.3, -0.25) is 4.79 Å². The summed E-state index contributed by atoms with van der Waals surface area (Å²) < 4.78 is 5.35. The Labute approximate surface area is 113 Å². The molecule has 16 heavy (non-hydrogen) atoms. The molecule has 94 valence electrons. The van der Waals surface area contributed by atoms with Crippen molar-refractivity contribution in [2.24, 2.45) is 0 Å². The molecule has 0 heterocycles. The summed E-state index contributed by atoms with van der Waals surface area (Å²) in [5, 5.41) is 0. The van der Waals surface area contributed by atoms with Crippen molar-refractivity contribution in [1.82, 2.24) is 0 Å². The second kappa shape index (κ2) is 13.0. The van der Waals surface area contributed by atoms with E-state index in [4.69, 9.17) is 4.74 Å². The van der Waals surface area contributed by atoms with Crippen LogP contribution in [0.3, 0.4) is 0 Å². The molecule has 0 N–H and O–H groups in total. The molecule has 0 aliphatic carbocycles. The van der Waals surface area contributed by atoms with Gasteiger partial charge in [-0.25, -0.2) is 0 Å². The van der Waals surface area contributed by atoms with E-state index in [2.05, 4.69) is 13.0 Å². The fourth-order valence-electron chi connectivity index (χ4n) is 1.41. The molecule has 0 atom stereocenters. The standard InChI is InChI=1S/C13H23IO2/c1-2-3-4-5-6-7-8-9-10-11-16-13(15)12-14/h9-10H,2-8,11-12H2,1H3/b10-9+. The molecule has 0 saturated heterocycles. The van der Waals surface area contributed by atoms with Crippen molar-refractivity contribution in [2.75, 3.05) is 11.0 Å². The molecule has 0 aromatic heterocycles. The molecule has 0 saturated carbocycles. The molecule has 0 aromatic rings. The van der Waals surface area contributed by atoms with E-state index in [1.165, 1.54) is 38.5 Å². The predicted molar refractivity (Wildman–Crippen MR) is 77.0 cm³/mol. The van der Waals surface area contributed by atoms with Crippen molar-refractivity contribution < 1.29 is 9.53 Å². The van der Waals surface area contributed by atoms with Crippen molar-refractivity contribution in [2.45, 2.75) is 51.9 Å². The number of ether oxygens (including phenoxy) is 1. The Morgan fingerprint density at radius 2 is 1.81 bits per heavy atom. The molecule has 3 heteroatoms. The summed E-state index contributed by atoms with van der Waals surface area (Å²) >= 11 is 2.01. The smallest absolute Gasteiger partial charge is 0.316 e. The van der Waals surface area contributed by atoms with Gasteiger partial charge in [0.25, 0.3) is 0 Å². The van der Waals surface area contributed by atoms with Crippen LogP contribution in [-0.4, -0.2) is 17.0 Å². The zero-order chi connectivity index (χ0) is 12.1. The third-order valence-corrected chi connectivity index (χ3v) is 2.96. The predicted octanol–water partition coefficient (Wildman–Crippen LogP) is 4.27. The number of rotatable bonds is 10. The van der Waals surface area contributed by atoms with Crippen LogP contribution in [0, 0.1) is 0 Å². The van der Waals surface area contributed by atoms with Gasteiger partial charge in [-0.15, -0.1) is 0 Å². The van der Waals surface area contributed by atoms with Crippen LogP contribution in [0.25, 0.3) is 0 Å². The van der Waals surface area contributed by atoms with Crippen LogP contribution < -0.4 is 0 Å². The number of hydrogen-bond acceptors (Lipinski definition) is 2. The van der Waals surface area contributed by atoms with Crippen LogP contribution in [0.4, 0.5) is 0 Å². The number of esters is 1. The first-order valence-electron chi connectivity index (χ1n) is 6.17. The molecule has 0 rings (SSSR count). The average Bonchev–Trinajstić information content (AvgIpc) is 2.31. The molecular weight excluding hydrogens is 315 g/mol. The summed E-state index contributed by atoms with van der Waals surface area (Å²) in [7, 11) is 0. The fourth-order valence-corrected chi connectivity index (χ4v) is 1.63. The van der Waals surface area contributed by atoms with E-state index in [1.54, 1.807) is 0 Å². The second-order valence-corrected chi connectivity index (χ2v) is 4.61. The first kappa shape index (κ1) is 15.9. The lowest BCUT2D eigenvalue weighted by Crippen LogP contribution is -2.04. The maximum absolute atomic E-state index is 10.8. The van der Waals surface area contributed by atoms with Gasteiger partial charge >= 0.3 is 5.97 Å². The summed E-state index contributed by atoms with van der Waals surface area (Å²) in [6.45, 7) is 2.66. The van der Waals surface area contributed by atoms with E-state index in [0.717, 1.165) is 6.42 Å². The average molecular weight is 338 g/mol. The summed E-state index contributed by atoms with van der Waals surface area (Å²) in [4.78, 5) is 10.8. The topological polar surface area (TPSA) is 26.3 Å². The summed E-state index contributed by atoms with van der Waals surface area (Å²) in [6, 6.07) is 0. The fraction of sp³-hybridized carbons (Fsp3) is 0.769. The highest BCUT2D eigenvalue weighted by Gasteiger charge is 1.94. The number of carbonyl (C=O) groups is 1. The highest BCUT2D eigenvalue weighted by Crippen LogP contribution is 2.07. The lowest BCUT2D eigenvalue weighted by Gasteiger charge is -1.98. The lowest BCUT2D eigenvalue weighted by molar-refractivity contribution is -0.138. The van der Waals surface area contributed by atoms with Gasteiger partial charge in [0, 0.05) is 0 Å². The Kier molecular flexibility index (Phi) is 13.0. The quantitative estimate of drug-likeness (QED) is 0.195. The summed E-state index contributed by atoms with van der Waals surface area (Å²) in [5.41, 5.74) is 0. The highest BCUT2D eigenvalue weighted by molar-refractivity contribution is 14.1. The monoisotopic (exact) mass is 338 g/mol. The van der Waals surface area contributed by atoms with E-state index in [0.29, 0.717) is 11.0 Å². The van der Waals surface area contributed by atoms with Crippen molar-refractivity contribution in [1.29, 1.82) is 0 Å². The zero-order valence-electron chi connectivity index (χ0n) is 10.2. The Morgan fingerprint density at radius 3 is 2.50 bits per heavy atom. The normalized spacial score (nSPS) is 10.9. The van der Waals surface area contributed by atoms with Gasteiger partial charge in [-0.2, -0.15) is 0 Å². The minimum absolute atomic E-state index is 0.134. The number of allylic oxidation sites excluding steroid dienone is 1. The van der Waals surface area contributed by atoms with Gasteiger partial charge in [0.2, 0.25) is 0 Å². The van der Waals surface area contributed by atoms with E-state index in [1.807, 2.05) is 28.7 Å². The van der Waals surface area contributed by atoms with Gasteiger partial charge in [-0.1, -0.05) is 73.8 Å². The van der Waals surface area contributed by atoms with E-state index in [-0.39, 0.29) is 5.97 Å². The number of halogens is 1. The molecule has 0 aliphatic heterocycles.